The zero-order valence-electron chi connectivity index (χ0n) is 11.2. The van der Waals surface area contributed by atoms with E-state index >= 15 is 0 Å². The Kier molecular flexibility index (Phi) is 4.76. The molecule has 1 heterocycles. The third-order valence-corrected chi connectivity index (χ3v) is 3.32. The van der Waals surface area contributed by atoms with Gasteiger partial charge in [0.1, 0.15) is 6.61 Å². The number of nitrogens with zero attached hydrogens (tertiary/aromatic N) is 1. The number of fused-ring (bicyclic) bond motifs is 1. The predicted octanol–water partition coefficient (Wildman–Crippen LogP) is 0.816. The summed E-state index contributed by atoms with van der Waals surface area (Å²) in [6, 6.07) is 5.91. The van der Waals surface area contributed by atoms with Gasteiger partial charge in [0.15, 0.2) is 0 Å². The summed E-state index contributed by atoms with van der Waals surface area (Å²) in [4.78, 5) is 13.8. The van der Waals surface area contributed by atoms with Crippen LogP contribution in [0.3, 0.4) is 0 Å². The van der Waals surface area contributed by atoms with E-state index in [4.69, 9.17) is 15.2 Å². The molecule has 0 bridgehead atoms. The Morgan fingerprint density at radius 2 is 2.26 bits per heavy atom. The van der Waals surface area contributed by atoms with E-state index in [2.05, 4.69) is 6.07 Å². The number of nitrogens with two attached hydrogens (primary N) is 1. The zero-order chi connectivity index (χ0) is 13.7. The van der Waals surface area contributed by atoms with Gasteiger partial charge in [0.2, 0.25) is 5.91 Å². The number of rotatable bonds is 5. The van der Waals surface area contributed by atoms with Gasteiger partial charge in [0, 0.05) is 25.9 Å². The molecule has 0 spiro atoms. The summed E-state index contributed by atoms with van der Waals surface area (Å²) < 4.78 is 10.1. The van der Waals surface area contributed by atoms with Gasteiger partial charge in [-0.05, 0) is 23.6 Å². The molecular weight excluding hydrogens is 244 g/mol. The van der Waals surface area contributed by atoms with E-state index in [1.807, 2.05) is 12.1 Å². The highest BCUT2D eigenvalue weighted by Crippen LogP contribution is 2.24. The fourth-order valence-corrected chi connectivity index (χ4v) is 2.21. The second-order valence-corrected chi connectivity index (χ2v) is 4.60. The van der Waals surface area contributed by atoms with E-state index in [9.17, 15) is 4.79 Å². The van der Waals surface area contributed by atoms with Crippen molar-refractivity contribution in [3.8, 4) is 0 Å². The topological polar surface area (TPSA) is 64.8 Å². The number of methoxy groups -OCH3 is 1. The van der Waals surface area contributed by atoms with Gasteiger partial charge in [-0.25, -0.2) is 0 Å². The van der Waals surface area contributed by atoms with Gasteiger partial charge in [-0.1, -0.05) is 12.1 Å². The number of hydrogen-bond acceptors (Lipinski definition) is 4. The summed E-state index contributed by atoms with van der Waals surface area (Å²) in [5.74, 6) is 0.00464. The number of anilines is 1. The molecule has 19 heavy (non-hydrogen) atoms. The lowest BCUT2D eigenvalue weighted by atomic mass is 9.98. The Hall–Kier alpha value is -1.59. The molecule has 0 saturated heterocycles. The highest BCUT2D eigenvalue weighted by Gasteiger charge is 2.21. The molecule has 2 rings (SSSR count). The number of amides is 1. The van der Waals surface area contributed by atoms with Crippen molar-refractivity contribution < 1.29 is 14.3 Å². The average molecular weight is 264 g/mol. The fourth-order valence-electron chi connectivity index (χ4n) is 2.21. The van der Waals surface area contributed by atoms with Crippen LogP contribution in [0.2, 0.25) is 0 Å². The zero-order valence-corrected chi connectivity index (χ0v) is 11.2. The van der Waals surface area contributed by atoms with Crippen molar-refractivity contribution >= 4 is 11.6 Å². The summed E-state index contributed by atoms with van der Waals surface area (Å²) >= 11 is 0. The number of carbonyl (C=O) groups excluding carboxylic acids is 1. The van der Waals surface area contributed by atoms with Crippen molar-refractivity contribution in [2.75, 3.05) is 39.2 Å². The average Bonchev–Trinajstić information content (AvgIpc) is 2.43. The summed E-state index contributed by atoms with van der Waals surface area (Å²) in [5, 5.41) is 0. The molecule has 0 saturated carbocycles. The van der Waals surface area contributed by atoms with Crippen LogP contribution in [-0.4, -0.2) is 44.3 Å². The largest absolute Gasteiger partial charge is 0.398 e. The maximum atomic E-state index is 12.0. The van der Waals surface area contributed by atoms with Gasteiger partial charge in [0.25, 0.3) is 0 Å². The van der Waals surface area contributed by atoms with Gasteiger partial charge in [0.05, 0.1) is 13.2 Å². The Balaban J connectivity index is 1.90. The third-order valence-electron chi connectivity index (χ3n) is 3.32. The Labute approximate surface area is 113 Å². The molecule has 5 nitrogen and oxygen atoms in total. The van der Waals surface area contributed by atoms with Gasteiger partial charge >= 0.3 is 0 Å². The number of nitrogen functional groups attached to an aromatic ring is 1. The van der Waals surface area contributed by atoms with Crippen LogP contribution >= 0.6 is 0 Å². The van der Waals surface area contributed by atoms with Crippen molar-refractivity contribution in [1.29, 1.82) is 0 Å². The molecular formula is C14H20N2O3. The molecule has 1 aromatic rings. The number of carbonyl (C=O) groups is 1. The van der Waals surface area contributed by atoms with Gasteiger partial charge in [-0.2, -0.15) is 0 Å². The predicted molar refractivity (Wildman–Crippen MR) is 72.7 cm³/mol. The van der Waals surface area contributed by atoms with Gasteiger partial charge in [-0.15, -0.1) is 0 Å². The van der Waals surface area contributed by atoms with Crippen molar-refractivity contribution in [3.63, 3.8) is 0 Å². The molecule has 0 fully saturated rings. The van der Waals surface area contributed by atoms with Crippen LogP contribution in [0.15, 0.2) is 18.2 Å². The molecule has 0 aromatic heterocycles. The first kappa shape index (κ1) is 13.8. The second-order valence-electron chi connectivity index (χ2n) is 4.60. The summed E-state index contributed by atoms with van der Waals surface area (Å²) in [5.41, 5.74) is 9.03. The van der Waals surface area contributed by atoms with Gasteiger partial charge < -0.3 is 20.1 Å². The lowest BCUT2D eigenvalue weighted by molar-refractivity contribution is -0.137. The van der Waals surface area contributed by atoms with Crippen LogP contribution < -0.4 is 5.73 Å². The first-order valence-corrected chi connectivity index (χ1v) is 6.43. The molecule has 1 aliphatic heterocycles. The minimum absolute atomic E-state index is 0.00464. The SMILES string of the molecule is COCCOCC(=O)N1CCc2cccc(N)c2C1. The summed E-state index contributed by atoms with van der Waals surface area (Å²) in [7, 11) is 1.61. The quantitative estimate of drug-likeness (QED) is 0.631. The molecule has 0 unspecified atom stereocenters. The van der Waals surface area contributed by atoms with Crippen molar-refractivity contribution in [1.82, 2.24) is 4.90 Å². The molecule has 1 aromatic carbocycles. The van der Waals surface area contributed by atoms with Crippen molar-refractivity contribution in [3.05, 3.63) is 29.3 Å². The maximum Gasteiger partial charge on any atom is 0.248 e. The van der Waals surface area contributed by atoms with Crippen molar-refractivity contribution in [2.45, 2.75) is 13.0 Å². The Morgan fingerprint density at radius 1 is 1.42 bits per heavy atom. The Morgan fingerprint density at radius 3 is 3.05 bits per heavy atom. The van der Waals surface area contributed by atoms with Crippen LogP contribution in [-0.2, 0) is 27.2 Å². The van der Waals surface area contributed by atoms with E-state index in [1.54, 1.807) is 12.0 Å². The molecule has 0 aliphatic carbocycles. The molecule has 1 amide bonds. The summed E-state index contributed by atoms with van der Waals surface area (Å²) in [6.07, 6.45) is 0.851. The molecule has 2 N–H and O–H groups in total. The van der Waals surface area contributed by atoms with E-state index in [1.165, 1.54) is 5.56 Å². The first-order chi connectivity index (χ1) is 9.22. The van der Waals surface area contributed by atoms with E-state index in [-0.39, 0.29) is 12.5 Å². The van der Waals surface area contributed by atoms with E-state index in [0.717, 1.165) is 24.2 Å². The standard InChI is InChI=1S/C14H20N2O3/c1-18-7-8-19-10-14(17)16-6-5-11-3-2-4-13(15)12(11)9-16/h2-4H,5-10,15H2,1H3. The van der Waals surface area contributed by atoms with Crippen LogP contribution in [0.1, 0.15) is 11.1 Å². The highest BCUT2D eigenvalue weighted by molar-refractivity contribution is 5.78. The third kappa shape index (κ3) is 3.45. The molecule has 104 valence electrons. The maximum absolute atomic E-state index is 12.0. The monoisotopic (exact) mass is 264 g/mol. The highest BCUT2D eigenvalue weighted by atomic mass is 16.5. The minimum atomic E-state index is 0.00464. The minimum Gasteiger partial charge on any atom is -0.398 e. The van der Waals surface area contributed by atoms with Crippen LogP contribution in [0.25, 0.3) is 0 Å². The first-order valence-electron chi connectivity index (χ1n) is 6.43. The normalized spacial score (nSPS) is 14.3. The number of hydrogen-bond donors (Lipinski definition) is 1. The van der Waals surface area contributed by atoms with Crippen LogP contribution in [0.4, 0.5) is 5.69 Å². The van der Waals surface area contributed by atoms with Crippen LogP contribution in [0, 0.1) is 0 Å². The van der Waals surface area contributed by atoms with E-state index < -0.39 is 0 Å². The summed E-state index contributed by atoms with van der Waals surface area (Å²) in [6.45, 7) is 2.35. The smallest absolute Gasteiger partial charge is 0.248 e. The van der Waals surface area contributed by atoms with Crippen molar-refractivity contribution in [2.24, 2.45) is 0 Å². The Bertz CT molecular complexity index is 448. The molecule has 5 heteroatoms. The second kappa shape index (κ2) is 6.54. The lowest BCUT2D eigenvalue weighted by Crippen LogP contribution is -2.38. The molecule has 0 radical (unpaired) electrons. The van der Waals surface area contributed by atoms with E-state index in [0.29, 0.717) is 19.8 Å². The number of ether oxygens (including phenoxy) is 2. The molecule has 1 aliphatic rings. The number of benzene rings is 1. The molecule has 0 atom stereocenters. The van der Waals surface area contributed by atoms with Crippen LogP contribution in [0.5, 0.6) is 0 Å². The van der Waals surface area contributed by atoms with Gasteiger partial charge in [-0.3, -0.25) is 4.79 Å². The lowest BCUT2D eigenvalue weighted by Gasteiger charge is -2.29. The fraction of sp³-hybridized carbons (Fsp3) is 0.500.